The molecule has 0 aliphatic carbocycles. The van der Waals surface area contributed by atoms with Crippen molar-refractivity contribution in [2.45, 2.75) is 26.7 Å². The molecule has 13 heteroatoms. The average molecular weight is 324 g/mol. The topological polar surface area (TPSA) is 228 Å². The van der Waals surface area contributed by atoms with Gasteiger partial charge in [-0.1, -0.05) is 13.8 Å². The Morgan fingerprint density at radius 2 is 1.05 bits per heavy atom. The van der Waals surface area contributed by atoms with E-state index in [-0.39, 0.29) is 11.9 Å². The van der Waals surface area contributed by atoms with Crippen molar-refractivity contribution < 1.29 is 17.5 Å². The second-order valence-electron chi connectivity index (χ2n) is 3.30. The molecule has 0 heterocycles. The van der Waals surface area contributed by atoms with Crippen LogP contribution in [0.25, 0.3) is 0 Å². The van der Waals surface area contributed by atoms with Crippen molar-refractivity contribution in [2.75, 3.05) is 0 Å². The zero-order valence-corrected chi connectivity index (χ0v) is 12.4. The Kier molecular flexibility index (Phi) is 10.6. The van der Waals surface area contributed by atoms with Gasteiger partial charge in [0.1, 0.15) is 0 Å². The molecule has 0 aromatic carbocycles. The van der Waals surface area contributed by atoms with E-state index in [4.69, 9.17) is 40.5 Å². The van der Waals surface area contributed by atoms with Crippen LogP contribution in [-0.2, 0) is 10.4 Å². The van der Waals surface area contributed by atoms with Gasteiger partial charge >= 0.3 is 10.4 Å². The first-order chi connectivity index (χ1) is 9.51. The van der Waals surface area contributed by atoms with Gasteiger partial charge in [0.15, 0.2) is 0 Å². The molecule has 0 unspecified atom stereocenters. The molecular formula is C8H20N8O4S. The summed E-state index contributed by atoms with van der Waals surface area (Å²) in [5.74, 6) is -0.216. The largest absolute Gasteiger partial charge is 0.394 e. The molecular weight excluding hydrogens is 304 g/mol. The first-order valence-corrected chi connectivity index (χ1v) is 6.92. The second-order valence-corrected chi connectivity index (χ2v) is 4.19. The van der Waals surface area contributed by atoms with Gasteiger partial charge in [0.2, 0.25) is 11.9 Å². The summed E-state index contributed by atoms with van der Waals surface area (Å²) in [6, 6.07) is 0. The fraction of sp³-hybridized carbons (Fsp3) is 0.500. The van der Waals surface area contributed by atoms with Crippen LogP contribution in [0, 0.1) is 0 Å². The van der Waals surface area contributed by atoms with E-state index in [1.807, 2.05) is 13.8 Å². The van der Waals surface area contributed by atoms with Gasteiger partial charge in [-0.3, -0.25) is 9.11 Å². The summed E-state index contributed by atoms with van der Waals surface area (Å²) in [6.45, 7) is 3.81. The molecule has 10 N–H and O–H groups in total. The fourth-order valence-electron chi connectivity index (χ4n) is 0.901. The fourth-order valence-corrected chi connectivity index (χ4v) is 0.901. The lowest BCUT2D eigenvalue weighted by atomic mass is 10.1. The molecule has 0 atom stereocenters. The molecule has 0 saturated carbocycles. The van der Waals surface area contributed by atoms with Crippen LogP contribution in [0.5, 0.6) is 0 Å². The number of nitrogens with zero attached hydrogens (tertiary/aromatic N) is 4. The lowest BCUT2D eigenvalue weighted by molar-refractivity contribution is 0.381. The Labute approximate surface area is 122 Å². The number of guanidine groups is 2. The number of hydrogen-bond donors (Lipinski definition) is 6. The van der Waals surface area contributed by atoms with E-state index in [1.54, 1.807) is 0 Å². The zero-order chi connectivity index (χ0) is 17.1. The average Bonchev–Trinajstić information content (AvgIpc) is 2.30. The highest BCUT2D eigenvalue weighted by molar-refractivity contribution is 7.79. The SMILES string of the molecule is CCC(=N/N=C(N)N)/C(CC)=N\N=C(N)N.O=S(=O)(O)O. The highest BCUT2D eigenvalue weighted by atomic mass is 32.3. The normalized spacial score (nSPS) is 12.0. The number of nitrogens with two attached hydrogens (primary N) is 4. The van der Waals surface area contributed by atoms with E-state index in [2.05, 4.69) is 20.4 Å². The maximum absolute atomic E-state index is 8.74. The van der Waals surface area contributed by atoms with Crippen LogP contribution in [0.1, 0.15) is 26.7 Å². The van der Waals surface area contributed by atoms with E-state index in [9.17, 15) is 0 Å². The molecule has 0 saturated heterocycles. The lowest BCUT2D eigenvalue weighted by Crippen LogP contribution is -2.23. The second kappa shape index (κ2) is 10.5. The van der Waals surface area contributed by atoms with Crippen LogP contribution in [0.3, 0.4) is 0 Å². The minimum absolute atomic E-state index is 0.108. The number of rotatable bonds is 5. The number of hydrogen-bond acceptors (Lipinski definition) is 6. The van der Waals surface area contributed by atoms with E-state index < -0.39 is 10.4 Å². The first-order valence-electron chi connectivity index (χ1n) is 5.52. The van der Waals surface area contributed by atoms with Gasteiger partial charge < -0.3 is 22.9 Å². The van der Waals surface area contributed by atoms with Gasteiger partial charge in [0.05, 0.1) is 11.4 Å². The van der Waals surface area contributed by atoms with Crippen molar-refractivity contribution in [1.29, 1.82) is 0 Å². The van der Waals surface area contributed by atoms with Crippen molar-refractivity contribution in [1.82, 2.24) is 0 Å². The molecule has 0 spiro atoms. The highest BCUT2D eigenvalue weighted by Crippen LogP contribution is 1.97. The van der Waals surface area contributed by atoms with Gasteiger partial charge in [-0.2, -0.15) is 18.6 Å². The third-order valence-electron chi connectivity index (χ3n) is 1.58. The summed E-state index contributed by atoms with van der Waals surface area (Å²) in [7, 11) is -4.67. The Hall–Kier alpha value is -2.25. The Morgan fingerprint density at radius 3 is 1.19 bits per heavy atom. The molecule has 122 valence electrons. The maximum atomic E-state index is 8.74. The molecule has 0 fully saturated rings. The lowest BCUT2D eigenvalue weighted by Gasteiger charge is -2.01. The van der Waals surface area contributed by atoms with Crippen molar-refractivity contribution in [2.24, 2.45) is 43.3 Å². The van der Waals surface area contributed by atoms with Crippen LogP contribution < -0.4 is 22.9 Å². The van der Waals surface area contributed by atoms with Crippen LogP contribution in [0.15, 0.2) is 20.4 Å². The highest BCUT2D eigenvalue weighted by Gasteiger charge is 2.05. The van der Waals surface area contributed by atoms with Crippen molar-refractivity contribution in [3.63, 3.8) is 0 Å². The summed E-state index contributed by atoms with van der Waals surface area (Å²) in [6.07, 6.45) is 1.26. The van der Waals surface area contributed by atoms with Gasteiger partial charge in [0.25, 0.3) is 0 Å². The Bertz CT molecular complexity index is 486. The summed E-state index contributed by atoms with van der Waals surface area (Å²) >= 11 is 0. The van der Waals surface area contributed by atoms with Crippen LogP contribution in [0.4, 0.5) is 0 Å². The van der Waals surface area contributed by atoms with Crippen molar-refractivity contribution in [3.8, 4) is 0 Å². The van der Waals surface area contributed by atoms with Crippen LogP contribution >= 0.6 is 0 Å². The zero-order valence-electron chi connectivity index (χ0n) is 11.6. The molecule has 0 amide bonds. The summed E-state index contributed by atoms with van der Waals surface area (Å²) in [5.41, 5.74) is 22.0. The molecule has 0 bridgehead atoms. The molecule has 0 rings (SSSR count). The van der Waals surface area contributed by atoms with E-state index in [0.717, 1.165) is 0 Å². The van der Waals surface area contributed by atoms with Gasteiger partial charge in [-0.25, -0.2) is 0 Å². The van der Waals surface area contributed by atoms with Gasteiger partial charge in [-0.15, -0.1) is 10.2 Å². The van der Waals surface area contributed by atoms with Crippen molar-refractivity contribution in [3.05, 3.63) is 0 Å². The molecule has 0 aromatic rings. The summed E-state index contributed by atoms with van der Waals surface area (Å²) < 4.78 is 31.6. The smallest absolute Gasteiger partial charge is 0.369 e. The van der Waals surface area contributed by atoms with E-state index in [0.29, 0.717) is 24.3 Å². The molecule has 0 radical (unpaired) electrons. The Morgan fingerprint density at radius 1 is 0.810 bits per heavy atom. The third kappa shape index (κ3) is 17.8. The minimum Gasteiger partial charge on any atom is -0.369 e. The van der Waals surface area contributed by atoms with Crippen LogP contribution in [-0.4, -0.2) is 40.9 Å². The maximum Gasteiger partial charge on any atom is 0.394 e. The summed E-state index contributed by atoms with van der Waals surface area (Å²) in [5, 5.41) is 14.8. The Balaban J connectivity index is 0. The van der Waals surface area contributed by atoms with E-state index in [1.165, 1.54) is 0 Å². The predicted octanol–water partition coefficient (Wildman–Crippen LogP) is -1.59. The molecule has 21 heavy (non-hydrogen) atoms. The van der Waals surface area contributed by atoms with E-state index >= 15 is 0 Å². The predicted molar refractivity (Wildman–Crippen MR) is 81.2 cm³/mol. The van der Waals surface area contributed by atoms with Gasteiger partial charge in [-0.05, 0) is 12.8 Å². The quantitative estimate of drug-likeness (QED) is 0.149. The molecule has 0 aromatic heterocycles. The van der Waals surface area contributed by atoms with Gasteiger partial charge in [0, 0.05) is 0 Å². The third-order valence-corrected chi connectivity index (χ3v) is 1.58. The monoisotopic (exact) mass is 324 g/mol. The standard InChI is InChI=1S/C8H18N8.H2O4S/c1-3-5(13-15-7(9)10)6(4-2)14-16-8(11)12;1-5(2,3)4/h3-4H2,1-2H3,(H4,9,10,15)(H4,11,12,16);(H2,1,2,3,4)/b13-5-,14-6-;. The van der Waals surface area contributed by atoms with Crippen molar-refractivity contribution >= 4 is 33.7 Å². The molecule has 0 aliphatic heterocycles. The molecule has 0 aliphatic rings. The molecule has 12 nitrogen and oxygen atoms in total. The van der Waals surface area contributed by atoms with Crippen LogP contribution in [0.2, 0.25) is 0 Å². The summed E-state index contributed by atoms with van der Waals surface area (Å²) in [4.78, 5) is 0. The minimum atomic E-state index is -4.67. The first kappa shape index (κ1) is 21.1.